The van der Waals surface area contributed by atoms with Crippen molar-refractivity contribution in [1.82, 2.24) is 0 Å². The molecule has 0 aliphatic rings. The molecule has 0 aliphatic carbocycles. The van der Waals surface area contributed by atoms with Crippen molar-refractivity contribution in [2.24, 2.45) is 11.7 Å². The van der Waals surface area contributed by atoms with Crippen molar-refractivity contribution in [2.45, 2.75) is 117 Å². The summed E-state index contributed by atoms with van der Waals surface area (Å²) in [5, 5.41) is 8.35. The van der Waals surface area contributed by atoms with E-state index in [4.69, 9.17) is 10.8 Å². The molecule has 0 aromatic rings. The fourth-order valence-corrected chi connectivity index (χ4v) is 2.31. The molecule has 3 heteroatoms. The van der Waals surface area contributed by atoms with Crippen LogP contribution in [0.1, 0.15) is 112 Å². The van der Waals surface area contributed by atoms with E-state index in [0.29, 0.717) is 12.3 Å². The highest BCUT2D eigenvalue weighted by Crippen LogP contribution is 2.19. The molecule has 3 N–H and O–H groups in total. The Morgan fingerprint density at radius 3 is 1.78 bits per heavy atom. The zero-order chi connectivity index (χ0) is 18.1. The first-order valence-corrected chi connectivity index (χ1v) is 9.76. The summed E-state index contributed by atoms with van der Waals surface area (Å²) in [7, 11) is 0. The van der Waals surface area contributed by atoms with E-state index in [0.717, 1.165) is 12.8 Å². The minimum Gasteiger partial charge on any atom is -0.481 e. The molecule has 0 amide bonds. The number of aliphatic carboxylic acids is 1. The maximum Gasteiger partial charge on any atom is 0.303 e. The quantitative estimate of drug-likeness (QED) is 0.398. The Hall–Kier alpha value is -0.570. The van der Waals surface area contributed by atoms with E-state index in [-0.39, 0.29) is 5.54 Å². The average Bonchev–Trinajstić information content (AvgIpc) is 2.46. The molecule has 140 valence electrons. The van der Waals surface area contributed by atoms with E-state index in [1.54, 1.807) is 0 Å². The second-order valence-corrected chi connectivity index (χ2v) is 7.48. The van der Waals surface area contributed by atoms with E-state index < -0.39 is 5.97 Å². The summed E-state index contributed by atoms with van der Waals surface area (Å²) in [4.78, 5) is 10.1. The monoisotopic (exact) mass is 329 g/mol. The molecule has 0 bridgehead atoms. The van der Waals surface area contributed by atoms with Crippen molar-refractivity contribution in [2.75, 3.05) is 0 Å². The minimum absolute atomic E-state index is 0.00768. The van der Waals surface area contributed by atoms with Crippen LogP contribution in [0.25, 0.3) is 0 Å². The van der Waals surface area contributed by atoms with E-state index in [9.17, 15) is 4.79 Å². The first-order valence-electron chi connectivity index (χ1n) is 9.76. The van der Waals surface area contributed by atoms with Crippen molar-refractivity contribution < 1.29 is 9.90 Å². The van der Waals surface area contributed by atoms with E-state index in [1.165, 1.54) is 57.8 Å². The number of carboxylic acids is 1. The van der Waals surface area contributed by atoms with Crippen molar-refractivity contribution in [3.05, 3.63) is 0 Å². The lowest BCUT2D eigenvalue weighted by Crippen LogP contribution is -2.39. The van der Waals surface area contributed by atoms with Crippen LogP contribution < -0.4 is 5.73 Å². The SMILES string of the molecule is CCCCCC(C)C(C)(C)N.CCCCCCCCCC(=O)O. The van der Waals surface area contributed by atoms with E-state index >= 15 is 0 Å². The van der Waals surface area contributed by atoms with Crippen LogP contribution in [0.5, 0.6) is 0 Å². The van der Waals surface area contributed by atoms with Gasteiger partial charge in [0.05, 0.1) is 0 Å². The number of rotatable bonds is 13. The van der Waals surface area contributed by atoms with Gasteiger partial charge < -0.3 is 10.8 Å². The van der Waals surface area contributed by atoms with Crippen molar-refractivity contribution >= 4 is 5.97 Å². The summed E-state index contributed by atoms with van der Waals surface area (Å²) < 4.78 is 0. The van der Waals surface area contributed by atoms with Gasteiger partial charge in [-0.3, -0.25) is 4.79 Å². The highest BCUT2D eigenvalue weighted by Gasteiger charge is 2.19. The largest absolute Gasteiger partial charge is 0.481 e. The number of carboxylic acid groups (broad SMARTS) is 1. The van der Waals surface area contributed by atoms with Crippen LogP contribution in [0.15, 0.2) is 0 Å². The second kappa shape index (κ2) is 16.3. The molecule has 1 atom stereocenters. The normalized spacial score (nSPS) is 12.4. The smallest absolute Gasteiger partial charge is 0.303 e. The molecule has 23 heavy (non-hydrogen) atoms. The number of hydrogen-bond acceptors (Lipinski definition) is 2. The van der Waals surface area contributed by atoms with Gasteiger partial charge >= 0.3 is 5.97 Å². The lowest BCUT2D eigenvalue weighted by Gasteiger charge is -2.27. The summed E-state index contributed by atoms with van der Waals surface area (Å²) >= 11 is 0. The van der Waals surface area contributed by atoms with Crippen LogP contribution in [0, 0.1) is 5.92 Å². The summed E-state index contributed by atoms with van der Waals surface area (Å²) in [6.45, 7) is 10.9. The Balaban J connectivity index is 0. The number of carbonyl (C=O) groups is 1. The van der Waals surface area contributed by atoms with Gasteiger partial charge in [-0.15, -0.1) is 0 Å². The topological polar surface area (TPSA) is 63.3 Å². The number of nitrogens with two attached hydrogens (primary N) is 1. The minimum atomic E-state index is -0.663. The molecule has 0 heterocycles. The number of unbranched alkanes of at least 4 members (excludes halogenated alkanes) is 8. The molecule has 0 radical (unpaired) electrons. The van der Waals surface area contributed by atoms with Crippen LogP contribution in [0.3, 0.4) is 0 Å². The van der Waals surface area contributed by atoms with E-state index in [2.05, 4.69) is 34.6 Å². The summed E-state index contributed by atoms with van der Waals surface area (Å²) in [6.07, 6.45) is 13.9. The summed E-state index contributed by atoms with van der Waals surface area (Å²) in [6, 6.07) is 0. The van der Waals surface area contributed by atoms with E-state index in [1.807, 2.05) is 0 Å². The Morgan fingerprint density at radius 2 is 1.35 bits per heavy atom. The maximum absolute atomic E-state index is 10.1. The molecular formula is C20H43NO2. The Bertz CT molecular complexity index is 259. The van der Waals surface area contributed by atoms with Gasteiger partial charge in [-0.2, -0.15) is 0 Å². The van der Waals surface area contributed by atoms with Crippen LogP contribution in [-0.4, -0.2) is 16.6 Å². The molecule has 0 aromatic heterocycles. The molecule has 0 saturated carbocycles. The van der Waals surface area contributed by atoms with Gasteiger partial charge in [0.25, 0.3) is 0 Å². The molecule has 0 fully saturated rings. The summed E-state index contributed by atoms with van der Waals surface area (Å²) in [5.74, 6) is -0.0161. The number of hydrogen-bond donors (Lipinski definition) is 2. The Labute approximate surface area is 145 Å². The average molecular weight is 330 g/mol. The van der Waals surface area contributed by atoms with Gasteiger partial charge in [0.1, 0.15) is 0 Å². The van der Waals surface area contributed by atoms with Gasteiger partial charge in [-0.1, -0.05) is 78.6 Å². The molecule has 0 rings (SSSR count). The van der Waals surface area contributed by atoms with Gasteiger partial charge in [0.15, 0.2) is 0 Å². The third kappa shape index (κ3) is 21.4. The molecule has 0 aromatic carbocycles. The Kier molecular flexibility index (Phi) is 17.5. The predicted molar refractivity (Wildman–Crippen MR) is 102 cm³/mol. The molecule has 0 spiro atoms. The van der Waals surface area contributed by atoms with Crippen LogP contribution in [0.4, 0.5) is 0 Å². The highest BCUT2D eigenvalue weighted by atomic mass is 16.4. The zero-order valence-electron chi connectivity index (χ0n) is 16.5. The third-order valence-corrected chi connectivity index (χ3v) is 4.51. The maximum atomic E-state index is 10.1. The molecule has 1 unspecified atom stereocenters. The lowest BCUT2D eigenvalue weighted by atomic mass is 9.86. The van der Waals surface area contributed by atoms with Gasteiger partial charge in [-0.25, -0.2) is 0 Å². The molecule has 0 aliphatic heterocycles. The zero-order valence-corrected chi connectivity index (χ0v) is 16.5. The first-order chi connectivity index (χ1) is 10.8. The second-order valence-electron chi connectivity index (χ2n) is 7.48. The highest BCUT2D eigenvalue weighted by molar-refractivity contribution is 5.66. The van der Waals surface area contributed by atoms with Crippen LogP contribution in [-0.2, 0) is 4.79 Å². The Morgan fingerprint density at radius 1 is 0.913 bits per heavy atom. The lowest BCUT2D eigenvalue weighted by molar-refractivity contribution is -0.137. The van der Waals surface area contributed by atoms with Crippen LogP contribution in [0.2, 0.25) is 0 Å². The van der Waals surface area contributed by atoms with Gasteiger partial charge in [-0.05, 0) is 32.6 Å². The van der Waals surface area contributed by atoms with Gasteiger partial charge in [0, 0.05) is 12.0 Å². The van der Waals surface area contributed by atoms with Crippen molar-refractivity contribution in [3.63, 3.8) is 0 Å². The fraction of sp³-hybridized carbons (Fsp3) is 0.950. The summed E-state index contributed by atoms with van der Waals surface area (Å²) in [5.41, 5.74) is 5.97. The first kappa shape index (κ1) is 24.7. The molecule has 3 nitrogen and oxygen atoms in total. The predicted octanol–water partition coefficient (Wildman–Crippen LogP) is 6.15. The molecule has 0 saturated heterocycles. The van der Waals surface area contributed by atoms with Crippen LogP contribution >= 0.6 is 0 Å². The third-order valence-electron chi connectivity index (χ3n) is 4.51. The standard InChI is InChI=1S/C10H23N.C10H20O2/c1-5-6-7-8-9(2)10(3,4)11;1-2-3-4-5-6-7-8-9-10(11)12/h9H,5-8,11H2,1-4H3;2-9H2,1H3,(H,11,12). The van der Waals surface area contributed by atoms with Gasteiger partial charge in [0.2, 0.25) is 0 Å². The fourth-order valence-electron chi connectivity index (χ4n) is 2.31. The van der Waals surface area contributed by atoms with Crippen molar-refractivity contribution in [1.29, 1.82) is 0 Å². The molecular weight excluding hydrogens is 286 g/mol. The van der Waals surface area contributed by atoms with Crippen molar-refractivity contribution in [3.8, 4) is 0 Å².